The molecule has 0 bridgehead atoms. The molecule has 2 rings (SSSR count). The average Bonchev–Trinajstić information content (AvgIpc) is 2.39. The third-order valence-electron chi connectivity index (χ3n) is 4.66. The van der Waals surface area contributed by atoms with Crippen LogP contribution >= 0.6 is 11.6 Å². The molecule has 0 radical (unpaired) electrons. The highest BCUT2D eigenvalue weighted by atomic mass is 35.5. The molecule has 0 saturated carbocycles. The summed E-state index contributed by atoms with van der Waals surface area (Å²) < 4.78 is 0. The summed E-state index contributed by atoms with van der Waals surface area (Å²) >= 11 is 6.32. The van der Waals surface area contributed by atoms with Gasteiger partial charge < -0.3 is 10.6 Å². The van der Waals surface area contributed by atoms with Gasteiger partial charge in [0.25, 0.3) is 0 Å². The molecule has 1 saturated heterocycles. The number of benzene rings is 1. The van der Waals surface area contributed by atoms with E-state index in [9.17, 15) is 0 Å². The van der Waals surface area contributed by atoms with Crippen LogP contribution in [0.5, 0.6) is 0 Å². The highest BCUT2D eigenvalue weighted by Gasteiger charge is 2.28. The second-order valence-electron chi connectivity index (χ2n) is 6.15. The molecule has 1 heterocycles. The first-order valence-electron chi connectivity index (χ1n) is 7.25. The van der Waals surface area contributed by atoms with E-state index < -0.39 is 0 Å². The molecule has 1 aliphatic rings. The van der Waals surface area contributed by atoms with Gasteiger partial charge in [-0.05, 0) is 42.9 Å². The Balaban J connectivity index is 2.10. The lowest BCUT2D eigenvalue weighted by Crippen LogP contribution is -2.38. The van der Waals surface area contributed by atoms with Crippen LogP contribution in [0.4, 0.5) is 5.69 Å². The Labute approximate surface area is 121 Å². The molecule has 0 aromatic heterocycles. The van der Waals surface area contributed by atoms with Crippen molar-refractivity contribution in [3.05, 3.63) is 28.8 Å². The lowest BCUT2D eigenvalue weighted by atomic mass is 9.78. The molecule has 19 heavy (non-hydrogen) atoms. The van der Waals surface area contributed by atoms with Gasteiger partial charge in [0.15, 0.2) is 0 Å². The summed E-state index contributed by atoms with van der Waals surface area (Å²) in [5, 5.41) is 0.788. The van der Waals surface area contributed by atoms with Gasteiger partial charge in [-0.25, -0.2) is 0 Å². The van der Waals surface area contributed by atoms with Crippen LogP contribution in [0.3, 0.4) is 0 Å². The molecule has 1 fully saturated rings. The summed E-state index contributed by atoms with van der Waals surface area (Å²) in [6.07, 6.45) is 3.79. The fourth-order valence-electron chi connectivity index (χ4n) is 2.74. The molecular formula is C16H25ClN2. The number of nitrogens with zero attached hydrogens (tertiary/aromatic N) is 1. The van der Waals surface area contributed by atoms with Crippen molar-refractivity contribution in [1.29, 1.82) is 0 Å². The van der Waals surface area contributed by atoms with Crippen molar-refractivity contribution in [3.63, 3.8) is 0 Å². The van der Waals surface area contributed by atoms with Crippen molar-refractivity contribution in [3.8, 4) is 0 Å². The van der Waals surface area contributed by atoms with Gasteiger partial charge in [0.2, 0.25) is 0 Å². The zero-order valence-electron chi connectivity index (χ0n) is 12.2. The molecule has 2 nitrogen and oxygen atoms in total. The number of hydrogen-bond acceptors (Lipinski definition) is 2. The normalized spacial score (nSPS) is 20.4. The molecule has 2 N–H and O–H groups in total. The monoisotopic (exact) mass is 280 g/mol. The predicted octanol–water partition coefficient (Wildman–Crippen LogP) is 4.38. The molecule has 0 amide bonds. The van der Waals surface area contributed by atoms with Gasteiger partial charge in [-0.3, -0.25) is 0 Å². The number of piperidine rings is 1. The van der Waals surface area contributed by atoms with Gasteiger partial charge in [-0.15, -0.1) is 0 Å². The van der Waals surface area contributed by atoms with Crippen LogP contribution in [0.15, 0.2) is 18.2 Å². The molecule has 0 spiro atoms. The van der Waals surface area contributed by atoms with Crippen LogP contribution in [0.25, 0.3) is 0 Å². The van der Waals surface area contributed by atoms with Crippen molar-refractivity contribution in [2.45, 2.75) is 46.1 Å². The fraction of sp³-hybridized carbons (Fsp3) is 0.625. The maximum atomic E-state index is 6.32. The van der Waals surface area contributed by atoms with Crippen LogP contribution in [-0.4, -0.2) is 13.1 Å². The van der Waals surface area contributed by atoms with E-state index in [1.807, 2.05) is 6.92 Å². The minimum absolute atomic E-state index is 0.00807. The number of anilines is 1. The fourth-order valence-corrected chi connectivity index (χ4v) is 3.09. The molecule has 106 valence electrons. The van der Waals surface area contributed by atoms with E-state index in [0.29, 0.717) is 5.41 Å². The summed E-state index contributed by atoms with van der Waals surface area (Å²) in [5.74, 6) is 0. The van der Waals surface area contributed by atoms with Crippen LogP contribution in [0, 0.1) is 5.41 Å². The van der Waals surface area contributed by atoms with Crippen LogP contribution in [0.1, 0.15) is 51.6 Å². The second kappa shape index (κ2) is 5.72. The van der Waals surface area contributed by atoms with Gasteiger partial charge in [-0.2, -0.15) is 0 Å². The van der Waals surface area contributed by atoms with E-state index in [-0.39, 0.29) is 6.04 Å². The van der Waals surface area contributed by atoms with Gasteiger partial charge >= 0.3 is 0 Å². The minimum atomic E-state index is -0.00807. The highest BCUT2D eigenvalue weighted by Crippen LogP contribution is 2.36. The van der Waals surface area contributed by atoms with Crippen molar-refractivity contribution in [1.82, 2.24) is 0 Å². The van der Waals surface area contributed by atoms with Crippen LogP contribution in [-0.2, 0) is 0 Å². The van der Waals surface area contributed by atoms with Crippen molar-refractivity contribution >= 4 is 17.3 Å². The second-order valence-corrected chi connectivity index (χ2v) is 6.55. The number of halogens is 1. The predicted molar refractivity (Wildman–Crippen MR) is 83.9 cm³/mol. The maximum absolute atomic E-state index is 6.32. The van der Waals surface area contributed by atoms with E-state index in [0.717, 1.165) is 23.7 Å². The third kappa shape index (κ3) is 3.24. The van der Waals surface area contributed by atoms with Gasteiger partial charge in [0, 0.05) is 29.8 Å². The van der Waals surface area contributed by atoms with Gasteiger partial charge in [0.1, 0.15) is 0 Å². The lowest BCUT2D eigenvalue weighted by molar-refractivity contribution is 0.238. The van der Waals surface area contributed by atoms with Crippen molar-refractivity contribution < 1.29 is 0 Å². The molecule has 1 unspecified atom stereocenters. The molecule has 1 aromatic carbocycles. The molecule has 1 aromatic rings. The smallest absolute Gasteiger partial charge is 0.0474 e. The van der Waals surface area contributed by atoms with E-state index in [1.165, 1.54) is 24.9 Å². The Morgan fingerprint density at radius 2 is 2.00 bits per heavy atom. The Bertz CT molecular complexity index is 434. The van der Waals surface area contributed by atoms with Crippen molar-refractivity contribution in [2.24, 2.45) is 11.1 Å². The third-order valence-corrected chi connectivity index (χ3v) is 4.99. The first kappa shape index (κ1) is 14.7. The first-order chi connectivity index (χ1) is 8.95. The van der Waals surface area contributed by atoms with Crippen LogP contribution < -0.4 is 10.6 Å². The first-order valence-corrected chi connectivity index (χ1v) is 7.63. The summed E-state index contributed by atoms with van der Waals surface area (Å²) in [6, 6.07) is 6.27. The Morgan fingerprint density at radius 1 is 1.37 bits per heavy atom. The Hall–Kier alpha value is -0.730. The summed E-state index contributed by atoms with van der Waals surface area (Å²) in [7, 11) is 0. The van der Waals surface area contributed by atoms with E-state index in [2.05, 4.69) is 36.9 Å². The quantitative estimate of drug-likeness (QED) is 0.890. The maximum Gasteiger partial charge on any atom is 0.0474 e. The summed E-state index contributed by atoms with van der Waals surface area (Å²) in [4.78, 5) is 2.44. The zero-order chi connectivity index (χ0) is 14.0. The summed E-state index contributed by atoms with van der Waals surface area (Å²) in [5.41, 5.74) is 8.68. The molecular weight excluding hydrogens is 256 g/mol. The minimum Gasteiger partial charge on any atom is -0.371 e. The molecule has 1 aliphatic heterocycles. The number of nitrogens with two attached hydrogens (primary N) is 1. The van der Waals surface area contributed by atoms with Crippen LogP contribution in [0.2, 0.25) is 5.02 Å². The molecule has 1 atom stereocenters. The highest BCUT2D eigenvalue weighted by molar-refractivity contribution is 6.31. The van der Waals surface area contributed by atoms with Crippen molar-refractivity contribution in [2.75, 3.05) is 18.0 Å². The number of rotatable bonds is 3. The molecule has 3 heteroatoms. The lowest BCUT2D eigenvalue weighted by Gasteiger charge is -2.40. The topological polar surface area (TPSA) is 29.3 Å². The summed E-state index contributed by atoms with van der Waals surface area (Å²) in [6.45, 7) is 8.91. The number of hydrogen-bond donors (Lipinski definition) is 1. The molecule has 0 aliphatic carbocycles. The van der Waals surface area contributed by atoms with Gasteiger partial charge in [-0.1, -0.05) is 37.9 Å². The Kier molecular flexibility index (Phi) is 4.42. The average molecular weight is 281 g/mol. The van der Waals surface area contributed by atoms with E-state index >= 15 is 0 Å². The zero-order valence-corrected chi connectivity index (χ0v) is 13.0. The van der Waals surface area contributed by atoms with E-state index in [1.54, 1.807) is 0 Å². The largest absolute Gasteiger partial charge is 0.371 e. The SMILES string of the molecule is CCC1(C)CCN(c2ccc(C(C)N)c(Cl)c2)CC1. The van der Waals surface area contributed by atoms with Gasteiger partial charge in [0.05, 0.1) is 0 Å². The van der Waals surface area contributed by atoms with E-state index in [4.69, 9.17) is 17.3 Å². The standard InChI is InChI=1S/C16H25ClN2/c1-4-16(3)7-9-19(10-8-16)13-5-6-14(12(2)18)15(17)11-13/h5-6,11-12H,4,7-10,18H2,1-3H3. The Morgan fingerprint density at radius 3 is 2.47 bits per heavy atom.